The number of halogens is 1. The molecule has 0 radical (unpaired) electrons. The predicted molar refractivity (Wildman–Crippen MR) is 116 cm³/mol. The molecule has 0 N–H and O–H groups in total. The van der Waals surface area contributed by atoms with E-state index in [1.165, 1.54) is 0 Å². The highest BCUT2D eigenvalue weighted by molar-refractivity contribution is 9.10. The molecular weight excluding hydrogens is 438 g/mol. The van der Waals surface area contributed by atoms with Crippen LogP contribution in [0.5, 0.6) is 0 Å². The van der Waals surface area contributed by atoms with Gasteiger partial charge >= 0.3 is 0 Å². The highest BCUT2D eigenvalue weighted by atomic mass is 79.9. The maximum atomic E-state index is 13.6. The van der Waals surface area contributed by atoms with Gasteiger partial charge in [0, 0.05) is 45.4 Å². The summed E-state index contributed by atoms with van der Waals surface area (Å²) in [5.41, 5.74) is 0.484. The number of rotatable bonds is 5. The minimum Gasteiger partial charge on any atom is -0.361 e. The number of hydrogen-bond donors (Lipinski definition) is 0. The van der Waals surface area contributed by atoms with Gasteiger partial charge in [-0.25, -0.2) is 4.98 Å². The van der Waals surface area contributed by atoms with Gasteiger partial charge in [0.15, 0.2) is 0 Å². The molecule has 6 nitrogen and oxygen atoms in total. The van der Waals surface area contributed by atoms with Gasteiger partial charge in [0.05, 0.1) is 5.41 Å². The Morgan fingerprint density at radius 3 is 2.75 bits per heavy atom. The van der Waals surface area contributed by atoms with Crippen LogP contribution in [0, 0.1) is 5.41 Å². The minimum atomic E-state index is -1.19. The molecule has 154 valence electrons. The Morgan fingerprint density at radius 1 is 1.29 bits per heavy atom. The van der Waals surface area contributed by atoms with Crippen LogP contribution in [-0.2, 0) is 20.7 Å². The van der Waals surface area contributed by atoms with Gasteiger partial charge in [-0.2, -0.15) is 0 Å². The molecule has 1 spiro atoms. The van der Waals surface area contributed by atoms with Crippen LogP contribution in [0.1, 0.15) is 24.8 Å². The average molecular weight is 468 g/mol. The van der Waals surface area contributed by atoms with E-state index in [1.807, 2.05) is 13.1 Å². The number of carbonyl (C=O) groups is 2. The van der Waals surface area contributed by atoms with E-state index in [0.717, 1.165) is 16.1 Å². The SMILES string of the molecule is CN1CCC2(CCC1=O)Cc1cc(Br)cnc1N(COCC[Si](C)(C)C)C2=O. The van der Waals surface area contributed by atoms with E-state index in [9.17, 15) is 9.59 Å². The van der Waals surface area contributed by atoms with Crippen LogP contribution in [0.25, 0.3) is 0 Å². The van der Waals surface area contributed by atoms with Crippen molar-refractivity contribution >= 4 is 41.6 Å². The number of likely N-dealkylation sites (tertiary alicyclic amines) is 1. The Morgan fingerprint density at radius 2 is 2.04 bits per heavy atom. The lowest BCUT2D eigenvalue weighted by atomic mass is 9.72. The van der Waals surface area contributed by atoms with E-state index < -0.39 is 13.5 Å². The van der Waals surface area contributed by atoms with Crippen LogP contribution in [-0.4, -0.2) is 56.7 Å². The molecule has 1 aromatic rings. The number of anilines is 1. The summed E-state index contributed by atoms with van der Waals surface area (Å²) in [6.45, 7) is 8.40. The lowest BCUT2D eigenvalue weighted by molar-refractivity contribution is -0.131. The molecule has 8 heteroatoms. The highest BCUT2D eigenvalue weighted by Crippen LogP contribution is 2.44. The zero-order valence-electron chi connectivity index (χ0n) is 17.3. The van der Waals surface area contributed by atoms with Crippen molar-refractivity contribution in [3.05, 3.63) is 22.3 Å². The largest absolute Gasteiger partial charge is 0.361 e. The van der Waals surface area contributed by atoms with Crippen molar-refractivity contribution in [3.63, 3.8) is 0 Å². The Bertz CT molecular complexity index is 768. The lowest BCUT2D eigenvalue weighted by Gasteiger charge is -2.41. The van der Waals surface area contributed by atoms with Crippen LogP contribution in [0.2, 0.25) is 25.7 Å². The fourth-order valence-electron chi connectivity index (χ4n) is 3.88. The van der Waals surface area contributed by atoms with Crippen molar-refractivity contribution in [3.8, 4) is 0 Å². The fraction of sp³-hybridized carbons (Fsp3) is 0.650. The third kappa shape index (κ3) is 4.66. The highest BCUT2D eigenvalue weighted by Gasteiger charge is 2.48. The van der Waals surface area contributed by atoms with Crippen LogP contribution < -0.4 is 4.90 Å². The zero-order valence-corrected chi connectivity index (χ0v) is 19.8. The Labute approximate surface area is 176 Å². The Hall–Kier alpha value is -1.25. The van der Waals surface area contributed by atoms with Crippen molar-refractivity contribution in [2.45, 2.75) is 51.4 Å². The number of amides is 2. The standard InChI is InChI=1S/C20H30BrN3O3Si/c1-23-8-7-20(6-5-17(23)25)12-15-11-16(21)13-22-18(15)24(19(20)26)14-27-9-10-28(2,3)4/h11,13H,5-10,12,14H2,1-4H3. The Balaban J connectivity index is 1.85. The van der Waals surface area contributed by atoms with Gasteiger partial charge in [0.25, 0.3) is 0 Å². The third-order valence-electron chi connectivity index (χ3n) is 5.78. The molecule has 0 aliphatic carbocycles. The first-order valence-electron chi connectivity index (χ1n) is 9.89. The second-order valence-corrected chi connectivity index (χ2v) is 15.8. The van der Waals surface area contributed by atoms with Crippen molar-refractivity contribution in [2.75, 3.05) is 31.8 Å². The molecule has 0 saturated carbocycles. The zero-order chi connectivity index (χ0) is 20.5. The maximum absolute atomic E-state index is 13.6. The van der Waals surface area contributed by atoms with E-state index in [1.54, 1.807) is 16.0 Å². The predicted octanol–water partition coefficient (Wildman–Crippen LogP) is 3.67. The average Bonchev–Trinajstić information content (AvgIpc) is 2.75. The summed E-state index contributed by atoms with van der Waals surface area (Å²) in [5, 5.41) is 0. The van der Waals surface area contributed by atoms with Crippen LogP contribution >= 0.6 is 15.9 Å². The molecule has 0 bridgehead atoms. The molecule has 1 unspecified atom stereocenters. The number of aromatic nitrogens is 1. The Kier molecular flexibility index (Phi) is 6.31. The van der Waals surface area contributed by atoms with Gasteiger partial charge in [-0.1, -0.05) is 19.6 Å². The first-order chi connectivity index (χ1) is 13.1. The van der Waals surface area contributed by atoms with Gasteiger partial charge in [-0.05, 0) is 52.9 Å². The topological polar surface area (TPSA) is 62.7 Å². The van der Waals surface area contributed by atoms with Crippen molar-refractivity contribution in [1.82, 2.24) is 9.88 Å². The van der Waals surface area contributed by atoms with Gasteiger partial charge in [0.1, 0.15) is 12.5 Å². The number of fused-ring (bicyclic) bond motifs is 1. The number of pyridine rings is 1. The second-order valence-electron chi connectivity index (χ2n) is 9.24. The van der Waals surface area contributed by atoms with Crippen LogP contribution in [0.3, 0.4) is 0 Å². The van der Waals surface area contributed by atoms with Gasteiger partial charge in [-0.3, -0.25) is 14.5 Å². The summed E-state index contributed by atoms with van der Waals surface area (Å²) in [4.78, 5) is 33.7. The molecule has 2 aliphatic heterocycles. The van der Waals surface area contributed by atoms with E-state index in [0.29, 0.717) is 44.7 Å². The summed E-state index contributed by atoms with van der Waals surface area (Å²) < 4.78 is 6.83. The molecule has 3 rings (SSSR count). The molecule has 0 aromatic carbocycles. The number of ether oxygens (including phenoxy) is 1. The number of carbonyl (C=O) groups excluding carboxylic acids is 2. The van der Waals surface area contributed by atoms with Gasteiger partial charge in [0.2, 0.25) is 11.8 Å². The normalized spacial score (nSPS) is 23.2. The number of hydrogen-bond acceptors (Lipinski definition) is 4. The quantitative estimate of drug-likeness (QED) is 0.489. The summed E-state index contributed by atoms with van der Waals surface area (Å²) >= 11 is 3.50. The van der Waals surface area contributed by atoms with Crippen molar-refractivity contribution in [2.24, 2.45) is 5.41 Å². The molecule has 2 aliphatic rings. The molecule has 1 atom stereocenters. The molecule has 3 heterocycles. The van der Waals surface area contributed by atoms with Crippen LogP contribution in [0.15, 0.2) is 16.7 Å². The van der Waals surface area contributed by atoms with E-state index >= 15 is 0 Å². The molecular formula is C20H30BrN3O3Si. The molecule has 1 fully saturated rings. The molecule has 1 saturated heterocycles. The second kappa shape index (κ2) is 8.24. The summed E-state index contributed by atoms with van der Waals surface area (Å²) in [7, 11) is 0.623. The molecule has 1 aromatic heterocycles. The first-order valence-corrected chi connectivity index (χ1v) is 14.4. The smallest absolute Gasteiger partial charge is 0.236 e. The number of nitrogens with zero attached hydrogens (tertiary/aromatic N) is 3. The minimum absolute atomic E-state index is 0.0472. The van der Waals surface area contributed by atoms with Gasteiger partial charge < -0.3 is 9.64 Å². The fourth-order valence-corrected chi connectivity index (χ4v) is 5.02. The van der Waals surface area contributed by atoms with E-state index in [-0.39, 0.29) is 18.5 Å². The maximum Gasteiger partial charge on any atom is 0.236 e. The first kappa shape index (κ1) is 21.5. The summed E-state index contributed by atoms with van der Waals surface area (Å²) in [5.74, 6) is 0.849. The molecule has 28 heavy (non-hydrogen) atoms. The summed E-state index contributed by atoms with van der Waals surface area (Å²) in [6, 6.07) is 3.10. The van der Waals surface area contributed by atoms with E-state index in [2.05, 4.69) is 40.6 Å². The summed E-state index contributed by atoms with van der Waals surface area (Å²) in [6.07, 6.45) is 4.00. The van der Waals surface area contributed by atoms with E-state index in [4.69, 9.17) is 4.74 Å². The third-order valence-corrected chi connectivity index (χ3v) is 7.92. The van der Waals surface area contributed by atoms with Crippen molar-refractivity contribution < 1.29 is 14.3 Å². The van der Waals surface area contributed by atoms with Crippen LogP contribution in [0.4, 0.5) is 5.82 Å². The van der Waals surface area contributed by atoms with Crippen molar-refractivity contribution in [1.29, 1.82) is 0 Å². The van der Waals surface area contributed by atoms with Gasteiger partial charge in [-0.15, -0.1) is 0 Å². The molecule has 2 amide bonds. The monoisotopic (exact) mass is 467 g/mol. The lowest BCUT2D eigenvalue weighted by Crippen LogP contribution is -2.51.